The zero-order chi connectivity index (χ0) is 27.9. The van der Waals surface area contributed by atoms with Crippen LogP contribution in [0.4, 0.5) is 0 Å². The number of fused-ring (bicyclic) bond motifs is 6. The van der Waals surface area contributed by atoms with Gasteiger partial charge in [-0.1, -0.05) is 60.7 Å². The van der Waals surface area contributed by atoms with Crippen LogP contribution in [0.25, 0.3) is 77.1 Å². The molecule has 0 aliphatic rings. The second-order valence-electron chi connectivity index (χ2n) is 10.4. The second-order valence-corrected chi connectivity index (χ2v) is 10.4. The summed E-state index contributed by atoms with van der Waals surface area (Å²) in [5.74, 6) is 0. The summed E-state index contributed by atoms with van der Waals surface area (Å²) in [6, 6.07) is 38.6. The maximum absolute atomic E-state index is 4.74. The zero-order valence-electron chi connectivity index (χ0n) is 22.6. The van der Waals surface area contributed by atoms with Crippen molar-refractivity contribution in [3.8, 4) is 44.8 Å². The highest BCUT2D eigenvalue weighted by Crippen LogP contribution is 2.39. The van der Waals surface area contributed by atoms with Gasteiger partial charge in [-0.3, -0.25) is 19.9 Å². The largest absolute Gasteiger partial charge is 0.265 e. The van der Waals surface area contributed by atoms with E-state index in [1.807, 2.05) is 36.7 Å². The van der Waals surface area contributed by atoms with Crippen molar-refractivity contribution in [2.45, 2.75) is 0 Å². The van der Waals surface area contributed by atoms with Gasteiger partial charge in [0.25, 0.3) is 0 Å². The van der Waals surface area contributed by atoms with Crippen molar-refractivity contribution < 1.29 is 0 Å². The van der Waals surface area contributed by atoms with Crippen molar-refractivity contribution in [1.82, 2.24) is 19.9 Å². The van der Waals surface area contributed by atoms with Crippen LogP contribution in [0.5, 0.6) is 0 Å². The molecule has 0 fully saturated rings. The molecule has 8 rings (SSSR count). The monoisotopic (exact) mass is 536 g/mol. The summed E-state index contributed by atoms with van der Waals surface area (Å²) in [6.45, 7) is 0. The summed E-state index contributed by atoms with van der Waals surface area (Å²) >= 11 is 0. The van der Waals surface area contributed by atoms with E-state index < -0.39 is 0 Å². The zero-order valence-corrected chi connectivity index (χ0v) is 22.6. The third-order valence-corrected chi connectivity index (χ3v) is 7.98. The third kappa shape index (κ3) is 4.18. The first kappa shape index (κ1) is 24.1. The van der Waals surface area contributed by atoms with Crippen molar-refractivity contribution in [3.05, 3.63) is 146 Å². The number of benzene rings is 4. The van der Waals surface area contributed by atoms with Crippen LogP contribution in [0.3, 0.4) is 0 Å². The maximum Gasteiger partial charge on any atom is 0.0703 e. The lowest BCUT2D eigenvalue weighted by Gasteiger charge is -2.13. The number of nitrogens with zero attached hydrogens (tertiary/aromatic N) is 4. The Balaban J connectivity index is 1.22. The Labute approximate surface area is 243 Å². The normalized spacial score (nSPS) is 11.3. The van der Waals surface area contributed by atoms with Crippen molar-refractivity contribution in [2.75, 3.05) is 0 Å². The molecule has 0 amide bonds. The third-order valence-electron chi connectivity index (χ3n) is 7.98. The summed E-state index contributed by atoms with van der Waals surface area (Å²) in [4.78, 5) is 17.7. The molecule has 0 N–H and O–H groups in total. The van der Waals surface area contributed by atoms with Crippen molar-refractivity contribution in [3.63, 3.8) is 0 Å². The molecule has 42 heavy (non-hydrogen) atoms. The van der Waals surface area contributed by atoms with E-state index in [2.05, 4.69) is 94.9 Å². The summed E-state index contributed by atoms with van der Waals surface area (Å²) in [5, 5.41) is 7.45. The molecule has 196 valence electrons. The molecule has 4 nitrogen and oxygen atoms in total. The van der Waals surface area contributed by atoms with E-state index in [1.165, 1.54) is 32.3 Å². The number of pyridine rings is 4. The molecular formula is C38H24N4. The van der Waals surface area contributed by atoms with E-state index in [1.54, 1.807) is 24.8 Å². The number of rotatable bonds is 4. The van der Waals surface area contributed by atoms with E-state index in [4.69, 9.17) is 9.97 Å². The van der Waals surface area contributed by atoms with Crippen LogP contribution in [0.2, 0.25) is 0 Å². The SMILES string of the molecule is c1ccc2c(c1)c1cc(-c3ccc(-c4ccncc4)nc3)ccc1c1ccc(-c3ccc(-c4ccncc4)nc3)cc21. The Morgan fingerprint density at radius 3 is 1.12 bits per heavy atom. The predicted octanol–water partition coefficient (Wildman–Crippen LogP) is 9.39. The van der Waals surface area contributed by atoms with Crippen LogP contribution in [0.15, 0.2) is 146 Å². The summed E-state index contributed by atoms with van der Waals surface area (Å²) < 4.78 is 0. The van der Waals surface area contributed by atoms with Gasteiger partial charge < -0.3 is 0 Å². The lowest BCUT2D eigenvalue weighted by atomic mass is 9.90. The van der Waals surface area contributed by atoms with Gasteiger partial charge in [0.2, 0.25) is 0 Å². The molecule has 4 heteroatoms. The molecule has 4 heterocycles. The van der Waals surface area contributed by atoms with Crippen LogP contribution in [-0.4, -0.2) is 19.9 Å². The van der Waals surface area contributed by atoms with E-state index in [9.17, 15) is 0 Å². The van der Waals surface area contributed by atoms with E-state index in [0.29, 0.717) is 0 Å². The van der Waals surface area contributed by atoms with E-state index in [0.717, 1.165) is 44.8 Å². The Morgan fingerprint density at radius 2 is 0.714 bits per heavy atom. The Hall–Kier alpha value is -5.74. The van der Waals surface area contributed by atoms with Crippen LogP contribution < -0.4 is 0 Å². The van der Waals surface area contributed by atoms with Gasteiger partial charge in [0.1, 0.15) is 0 Å². The lowest BCUT2D eigenvalue weighted by molar-refractivity contribution is 1.29. The van der Waals surface area contributed by atoms with Crippen LogP contribution in [0.1, 0.15) is 0 Å². The summed E-state index contributed by atoms with van der Waals surface area (Å²) in [5.41, 5.74) is 8.50. The highest BCUT2D eigenvalue weighted by atomic mass is 14.7. The van der Waals surface area contributed by atoms with Gasteiger partial charge in [-0.15, -0.1) is 0 Å². The minimum atomic E-state index is 0.941. The number of aromatic nitrogens is 4. The van der Waals surface area contributed by atoms with Gasteiger partial charge in [-0.25, -0.2) is 0 Å². The molecule has 0 radical (unpaired) electrons. The fourth-order valence-electron chi connectivity index (χ4n) is 5.83. The Kier molecular flexibility index (Phi) is 5.75. The van der Waals surface area contributed by atoms with Crippen LogP contribution in [-0.2, 0) is 0 Å². The Bertz CT molecular complexity index is 2030. The quantitative estimate of drug-likeness (QED) is 0.210. The van der Waals surface area contributed by atoms with Crippen molar-refractivity contribution >= 4 is 32.3 Å². The standard InChI is InChI=1S/C38H24N4/c1-2-4-32-31(3-1)35-21-27(29-7-11-37(41-23-29)25-13-17-39-18-14-25)5-9-33(35)34-10-6-28(22-36(32)34)30-8-12-38(42-24-30)26-15-19-40-20-16-26/h1-24H. The lowest BCUT2D eigenvalue weighted by Crippen LogP contribution is -1.88. The minimum Gasteiger partial charge on any atom is -0.265 e. The number of hydrogen-bond acceptors (Lipinski definition) is 4. The summed E-state index contributed by atoms with van der Waals surface area (Å²) in [6.07, 6.45) is 11.1. The summed E-state index contributed by atoms with van der Waals surface area (Å²) in [7, 11) is 0. The fourth-order valence-corrected chi connectivity index (χ4v) is 5.83. The highest BCUT2D eigenvalue weighted by Gasteiger charge is 2.12. The molecule has 4 aromatic carbocycles. The molecular weight excluding hydrogens is 512 g/mol. The van der Waals surface area contributed by atoms with Crippen molar-refractivity contribution in [1.29, 1.82) is 0 Å². The van der Waals surface area contributed by atoms with Gasteiger partial charge in [-0.2, -0.15) is 0 Å². The first-order chi connectivity index (χ1) is 20.8. The van der Waals surface area contributed by atoms with Gasteiger partial charge in [0.15, 0.2) is 0 Å². The second kappa shape index (κ2) is 10.0. The first-order valence-corrected chi connectivity index (χ1v) is 13.9. The van der Waals surface area contributed by atoms with Gasteiger partial charge in [-0.05, 0) is 92.0 Å². The maximum atomic E-state index is 4.74. The molecule has 0 saturated carbocycles. The predicted molar refractivity (Wildman–Crippen MR) is 172 cm³/mol. The molecule has 0 bridgehead atoms. The van der Waals surface area contributed by atoms with E-state index >= 15 is 0 Å². The molecule has 0 saturated heterocycles. The first-order valence-electron chi connectivity index (χ1n) is 13.9. The molecule has 0 atom stereocenters. The minimum absolute atomic E-state index is 0.941. The average Bonchev–Trinajstić information content (AvgIpc) is 3.09. The molecule has 0 unspecified atom stereocenters. The van der Waals surface area contributed by atoms with Crippen molar-refractivity contribution in [2.24, 2.45) is 0 Å². The molecule has 8 aromatic rings. The van der Waals surface area contributed by atoms with Crippen LogP contribution in [0, 0.1) is 0 Å². The topological polar surface area (TPSA) is 51.6 Å². The van der Waals surface area contributed by atoms with Gasteiger partial charge >= 0.3 is 0 Å². The average molecular weight is 537 g/mol. The molecule has 0 spiro atoms. The van der Waals surface area contributed by atoms with Gasteiger partial charge in [0, 0.05) is 59.4 Å². The van der Waals surface area contributed by atoms with E-state index in [-0.39, 0.29) is 0 Å². The Morgan fingerprint density at radius 1 is 0.310 bits per heavy atom. The molecule has 0 aliphatic carbocycles. The highest BCUT2D eigenvalue weighted by molar-refractivity contribution is 6.26. The van der Waals surface area contributed by atoms with Gasteiger partial charge in [0.05, 0.1) is 11.4 Å². The molecule has 4 aromatic heterocycles. The fraction of sp³-hybridized carbons (Fsp3) is 0. The molecule has 0 aliphatic heterocycles. The smallest absolute Gasteiger partial charge is 0.0703 e. The number of hydrogen-bond donors (Lipinski definition) is 0. The van der Waals surface area contributed by atoms with Crippen LogP contribution >= 0.6 is 0 Å².